The fourth-order valence-electron chi connectivity index (χ4n) is 1.87. The molecule has 0 heterocycles. The summed E-state index contributed by atoms with van der Waals surface area (Å²) in [4.78, 5) is 23.6. The molecule has 0 saturated heterocycles. The SMILES string of the molecule is CC(=O)Nc1ccc(NC(=O)[C@H](C)Sc2ccccc2F)cc1. The number of halogens is 1. The molecule has 0 aromatic heterocycles. The van der Waals surface area contributed by atoms with Crippen molar-refractivity contribution in [1.82, 2.24) is 0 Å². The Balaban J connectivity index is 1.95. The van der Waals surface area contributed by atoms with Crippen LogP contribution >= 0.6 is 11.8 Å². The number of carbonyl (C=O) groups excluding carboxylic acids is 2. The molecule has 0 fully saturated rings. The fourth-order valence-corrected chi connectivity index (χ4v) is 2.75. The molecule has 0 spiro atoms. The minimum absolute atomic E-state index is 0.156. The smallest absolute Gasteiger partial charge is 0.237 e. The van der Waals surface area contributed by atoms with Crippen LogP contribution in [0, 0.1) is 5.82 Å². The fraction of sp³-hybridized carbons (Fsp3) is 0.176. The van der Waals surface area contributed by atoms with Crippen LogP contribution in [0.5, 0.6) is 0 Å². The second-order valence-electron chi connectivity index (χ2n) is 4.94. The van der Waals surface area contributed by atoms with Crippen LogP contribution in [0.25, 0.3) is 0 Å². The van der Waals surface area contributed by atoms with E-state index in [4.69, 9.17) is 0 Å². The quantitative estimate of drug-likeness (QED) is 0.816. The Labute approximate surface area is 138 Å². The third-order valence-corrected chi connectivity index (χ3v) is 4.14. The van der Waals surface area contributed by atoms with Crippen molar-refractivity contribution in [1.29, 1.82) is 0 Å². The molecule has 120 valence electrons. The van der Waals surface area contributed by atoms with Crippen LogP contribution in [0.4, 0.5) is 15.8 Å². The zero-order valence-corrected chi connectivity index (χ0v) is 13.6. The third-order valence-electron chi connectivity index (χ3n) is 2.98. The van der Waals surface area contributed by atoms with Crippen molar-refractivity contribution in [2.75, 3.05) is 10.6 Å². The van der Waals surface area contributed by atoms with Gasteiger partial charge in [0.25, 0.3) is 0 Å². The van der Waals surface area contributed by atoms with Gasteiger partial charge in [-0.25, -0.2) is 4.39 Å². The monoisotopic (exact) mass is 332 g/mol. The first-order valence-electron chi connectivity index (χ1n) is 7.05. The van der Waals surface area contributed by atoms with E-state index in [1.165, 1.54) is 24.8 Å². The number of carbonyl (C=O) groups is 2. The number of hydrogen-bond donors (Lipinski definition) is 2. The Morgan fingerprint density at radius 2 is 1.57 bits per heavy atom. The molecule has 23 heavy (non-hydrogen) atoms. The van der Waals surface area contributed by atoms with E-state index >= 15 is 0 Å². The second kappa shape index (κ2) is 7.78. The number of hydrogen-bond acceptors (Lipinski definition) is 3. The molecular formula is C17H17FN2O2S. The lowest BCUT2D eigenvalue weighted by Gasteiger charge is -2.13. The highest BCUT2D eigenvalue weighted by molar-refractivity contribution is 8.00. The molecule has 0 unspecified atom stereocenters. The minimum atomic E-state index is -0.443. The second-order valence-corrected chi connectivity index (χ2v) is 6.32. The van der Waals surface area contributed by atoms with E-state index in [2.05, 4.69) is 10.6 Å². The molecular weight excluding hydrogens is 315 g/mol. The first-order valence-corrected chi connectivity index (χ1v) is 7.93. The highest BCUT2D eigenvalue weighted by Gasteiger charge is 2.16. The van der Waals surface area contributed by atoms with Crippen LogP contribution < -0.4 is 10.6 Å². The zero-order valence-electron chi connectivity index (χ0n) is 12.8. The molecule has 2 rings (SSSR count). The molecule has 4 nitrogen and oxygen atoms in total. The van der Waals surface area contributed by atoms with Gasteiger partial charge < -0.3 is 10.6 Å². The summed E-state index contributed by atoms with van der Waals surface area (Å²) in [6.07, 6.45) is 0. The van der Waals surface area contributed by atoms with Gasteiger partial charge in [-0.1, -0.05) is 12.1 Å². The molecule has 0 radical (unpaired) electrons. The molecule has 0 aliphatic rings. The average molecular weight is 332 g/mol. The molecule has 1 atom stereocenters. The molecule has 2 aromatic rings. The number of thioether (sulfide) groups is 1. The summed E-state index contributed by atoms with van der Waals surface area (Å²) in [6.45, 7) is 3.15. The summed E-state index contributed by atoms with van der Waals surface area (Å²) in [5.74, 6) is -0.709. The molecule has 0 bridgehead atoms. The Hall–Kier alpha value is -2.34. The van der Waals surface area contributed by atoms with E-state index in [1.807, 2.05) is 0 Å². The van der Waals surface area contributed by atoms with Crippen LogP contribution in [-0.4, -0.2) is 17.1 Å². The standard InChI is InChI=1S/C17H17FN2O2S/c1-11(23-16-6-4-3-5-15(16)18)17(22)20-14-9-7-13(8-10-14)19-12(2)21/h3-11H,1-2H3,(H,19,21)(H,20,22)/t11-/m0/s1. The van der Waals surface area contributed by atoms with Gasteiger partial charge in [0, 0.05) is 23.2 Å². The Bertz CT molecular complexity index is 704. The predicted molar refractivity (Wildman–Crippen MR) is 91.1 cm³/mol. The average Bonchev–Trinajstić information content (AvgIpc) is 2.51. The van der Waals surface area contributed by atoms with Crippen molar-refractivity contribution in [3.63, 3.8) is 0 Å². The lowest BCUT2D eigenvalue weighted by Crippen LogP contribution is -2.22. The maximum Gasteiger partial charge on any atom is 0.237 e. The van der Waals surface area contributed by atoms with Gasteiger partial charge in [0.2, 0.25) is 11.8 Å². The van der Waals surface area contributed by atoms with E-state index < -0.39 is 5.25 Å². The number of anilines is 2. The van der Waals surface area contributed by atoms with E-state index in [-0.39, 0.29) is 17.6 Å². The van der Waals surface area contributed by atoms with Gasteiger partial charge in [-0.15, -0.1) is 11.8 Å². The highest BCUT2D eigenvalue weighted by atomic mass is 32.2. The lowest BCUT2D eigenvalue weighted by atomic mass is 10.2. The van der Waals surface area contributed by atoms with Gasteiger partial charge in [0.15, 0.2) is 0 Å². The predicted octanol–water partition coefficient (Wildman–Crippen LogP) is 3.90. The highest BCUT2D eigenvalue weighted by Crippen LogP contribution is 2.26. The van der Waals surface area contributed by atoms with E-state index in [9.17, 15) is 14.0 Å². The lowest BCUT2D eigenvalue weighted by molar-refractivity contribution is -0.115. The largest absolute Gasteiger partial charge is 0.326 e. The zero-order chi connectivity index (χ0) is 16.8. The minimum Gasteiger partial charge on any atom is -0.326 e. The van der Waals surface area contributed by atoms with Crippen molar-refractivity contribution in [2.24, 2.45) is 0 Å². The van der Waals surface area contributed by atoms with Crippen molar-refractivity contribution >= 4 is 35.0 Å². The molecule has 0 aliphatic carbocycles. The molecule has 0 saturated carbocycles. The van der Waals surface area contributed by atoms with Gasteiger partial charge in [-0.2, -0.15) is 0 Å². The summed E-state index contributed by atoms with van der Waals surface area (Å²) in [6, 6.07) is 13.2. The van der Waals surface area contributed by atoms with Crippen LogP contribution in [-0.2, 0) is 9.59 Å². The Kier molecular flexibility index (Phi) is 5.76. The maximum absolute atomic E-state index is 13.6. The number of rotatable bonds is 5. The van der Waals surface area contributed by atoms with Gasteiger partial charge in [-0.3, -0.25) is 9.59 Å². The van der Waals surface area contributed by atoms with Crippen molar-refractivity contribution in [2.45, 2.75) is 24.0 Å². The van der Waals surface area contributed by atoms with Gasteiger partial charge in [0.05, 0.1) is 5.25 Å². The first kappa shape index (κ1) is 17.0. The topological polar surface area (TPSA) is 58.2 Å². The number of amides is 2. The van der Waals surface area contributed by atoms with Crippen molar-refractivity contribution < 1.29 is 14.0 Å². The molecule has 6 heteroatoms. The van der Waals surface area contributed by atoms with Gasteiger partial charge in [-0.05, 0) is 43.3 Å². The molecule has 2 N–H and O–H groups in total. The number of nitrogens with one attached hydrogen (secondary N) is 2. The summed E-state index contributed by atoms with van der Waals surface area (Å²) >= 11 is 1.17. The van der Waals surface area contributed by atoms with Crippen LogP contribution in [0.15, 0.2) is 53.4 Å². The van der Waals surface area contributed by atoms with E-state index in [0.717, 1.165) is 0 Å². The summed E-state index contributed by atoms with van der Waals surface area (Å²) < 4.78 is 13.6. The molecule has 2 aromatic carbocycles. The van der Waals surface area contributed by atoms with E-state index in [0.29, 0.717) is 16.3 Å². The number of benzene rings is 2. The summed E-state index contributed by atoms with van der Waals surface area (Å²) in [7, 11) is 0. The van der Waals surface area contributed by atoms with Crippen LogP contribution in [0.1, 0.15) is 13.8 Å². The van der Waals surface area contributed by atoms with Gasteiger partial charge >= 0.3 is 0 Å². The summed E-state index contributed by atoms with van der Waals surface area (Å²) in [5, 5.41) is 4.97. The normalized spacial score (nSPS) is 11.6. The van der Waals surface area contributed by atoms with Crippen molar-refractivity contribution in [3.8, 4) is 0 Å². The Morgan fingerprint density at radius 1 is 1.00 bits per heavy atom. The third kappa shape index (κ3) is 5.10. The maximum atomic E-state index is 13.6. The van der Waals surface area contributed by atoms with Crippen LogP contribution in [0.2, 0.25) is 0 Å². The molecule has 0 aliphatic heterocycles. The summed E-state index contributed by atoms with van der Waals surface area (Å²) in [5.41, 5.74) is 1.27. The first-order chi connectivity index (χ1) is 11.0. The van der Waals surface area contributed by atoms with E-state index in [1.54, 1.807) is 49.4 Å². The van der Waals surface area contributed by atoms with Crippen LogP contribution in [0.3, 0.4) is 0 Å². The van der Waals surface area contributed by atoms with Gasteiger partial charge in [0.1, 0.15) is 5.82 Å². The van der Waals surface area contributed by atoms with Crippen molar-refractivity contribution in [3.05, 3.63) is 54.3 Å². The molecule has 2 amide bonds. The Morgan fingerprint density at radius 3 is 2.13 bits per heavy atom.